The summed E-state index contributed by atoms with van der Waals surface area (Å²) in [7, 11) is 0. The fourth-order valence-corrected chi connectivity index (χ4v) is 4.45. The molecule has 0 aliphatic heterocycles. The quantitative estimate of drug-likeness (QED) is 0.681. The molecule has 0 bridgehead atoms. The first kappa shape index (κ1) is 12.8. The highest BCUT2D eigenvalue weighted by molar-refractivity contribution is 9.12. The minimum Gasteiger partial charge on any atom is -0.478 e. The monoisotopic (exact) mass is 401 g/mol. The number of carboxylic acids is 1. The van der Waals surface area contributed by atoms with Gasteiger partial charge in [-0.1, -0.05) is 0 Å². The van der Waals surface area contributed by atoms with Gasteiger partial charge in [-0.3, -0.25) is 0 Å². The molecule has 3 aromatic rings. The lowest BCUT2D eigenvalue weighted by atomic mass is 10.3. The number of rotatable bonds is 2. The predicted molar refractivity (Wildman–Crippen MR) is 79.6 cm³/mol. The Morgan fingerprint density at radius 3 is 2.79 bits per heavy atom. The summed E-state index contributed by atoms with van der Waals surface area (Å²) < 4.78 is 1.92. The van der Waals surface area contributed by atoms with Gasteiger partial charge in [-0.15, -0.1) is 11.3 Å². The average molecular weight is 403 g/mol. The van der Waals surface area contributed by atoms with Crippen molar-refractivity contribution < 1.29 is 9.90 Å². The molecular formula is C11H5Br2N3O2S. The predicted octanol–water partition coefficient (Wildman–Crippen LogP) is 3.91. The van der Waals surface area contributed by atoms with E-state index in [0.717, 1.165) is 13.1 Å². The minimum absolute atomic E-state index is 0.133. The van der Waals surface area contributed by atoms with Crippen molar-refractivity contribution in [1.82, 2.24) is 15.0 Å². The van der Waals surface area contributed by atoms with Gasteiger partial charge in [0.15, 0.2) is 5.65 Å². The summed E-state index contributed by atoms with van der Waals surface area (Å²) in [4.78, 5) is 22.4. The molecule has 3 rings (SSSR count). The number of H-pyrrole nitrogens is 1. The number of hydrogen-bond acceptors (Lipinski definition) is 4. The van der Waals surface area contributed by atoms with E-state index in [2.05, 4.69) is 46.8 Å². The van der Waals surface area contributed by atoms with Gasteiger partial charge >= 0.3 is 5.97 Å². The van der Waals surface area contributed by atoms with Crippen molar-refractivity contribution in [2.24, 2.45) is 0 Å². The normalized spacial score (nSPS) is 11.1. The first-order chi connectivity index (χ1) is 9.04. The Morgan fingerprint density at radius 1 is 1.37 bits per heavy atom. The summed E-state index contributed by atoms with van der Waals surface area (Å²) in [5.74, 6) is -0.358. The van der Waals surface area contributed by atoms with Crippen molar-refractivity contribution in [3.8, 4) is 11.4 Å². The number of pyridine rings is 1. The summed E-state index contributed by atoms with van der Waals surface area (Å²) >= 11 is 8.41. The Kier molecular flexibility index (Phi) is 3.15. The van der Waals surface area contributed by atoms with Crippen LogP contribution in [0.4, 0.5) is 0 Å². The zero-order chi connectivity index (χ0) is 13.6. The Hall–Kier alpha value is -1.25. The molecule has 0 saturated carbocycles. The van der Waals surface area contributed by atoms with Crippen molar-refractivity contribution in [2.45, 2.75) is 0 Å². The molecule has 0 spiro atoms. The van der Waals surface area contributed by atoms with Gasteiger partial charge in [0.2, 0.25) is 0 Å². The number of fused-ring (bicyclic) bond motifs is 1. The molecule has 0 amide bonds. The fourth-order valence-electron chi connectivity index (χ4n) is 1.65. The van der Waals surface area contributed by atoms with E-state index in [-0.39, 0.29) is 5.56 Å². The number of halogens is 2. The summed E-state index contributed by atoms with van der Waals surface area (Å²) in [6, 6.07) is 3.46. The number of aromatic carboxylic acids is 1. The van der Waals surface area contributed by atoms with Crippen LogP contribution < -0.4 is 0 Å². The van der Waals surface area contributed by atoms with Crippen LogP contribution in [0, 0.1) is 0 Å². The number of nitrogens with one attached hydrogen (secondary N) is 1. The third kappa shape index (κ3) is 2.31. The molecule has 3 aromatic heterocycles. The molecule has 2 N–H and O–H groups in total. The molecule has 0 saturated heterocycles. The highest BCUT2D eigenvalue weighted by Crippen LogP contribution is 2.37. The zero-order valence-corrected chi connectivity index (χ0v) is 13.1. The topological polar surface area (TPSA) is 78.9 Å². The van der Waals surface area contributed by atoms with Crippen LogP contribution in [-0.4, -0.2) is 26.0 Å². The van der Waals surface area contributed by atoms with Crippen LogP contribution in [0.3, 0.4) is 0 Å². The Balaban J connectivity index is 2.16. The molecule has 3 heterocycles. The number of imidazole rings is 1. The van der Waals surface area contributed by atoms with E-state index in [1.54, 1.807) is 11.3 Å². The summed E-state index contributed by atoms with van der Waals surface area (Å²) in [5.41, 5.74) is 2.14. The first-order valence-corrected chi connectivity index (χ1v) is 7.49. The van der Waals surface area contributed by atoms with E-state index in [1.165, 1.54) is 12.3 Å². The molecule has 96 valence electrons. The number of aromatic amines is 1. The van der Waals surface area contributed by atoms with E-state index in [9.17, 15) is 4.79 Å². The maximum absolute atomic E-state index is 10.9. The maximum atomic E-state index is 10.9. The van der Waals surface area contributed by atoms with Gasteiger partial charge < -0.3 is 10.1 Å². The van der Waals surface area contributed by atoms with Gasteiger partial charge in [-0.25, -0.2) is 14.8 Å². The number of hydrogen-bond donors (Lipinski definition) is 2. The second kappa shape index (κ2) is 4.69. The van der Waals surface area contributed by atoms with Crippen molar-refractivity contribution in [2.75, 3.05) is 0 Å². The lowest BCUT2D eigenvalue weighted by Gasteiger charge is -1.92. The highest BCUT2D eigenvalue weighted by Gasteiger charge is 2.14. The van der Waals surface area contributed by atoms with Crippen LogP contribution in [0.2, 0.25) is 0 Å². The Bertz CT molecular complexity index is 796. The summed E-state index contributed by atoms with van der Waals surface area (Å²) in [5, 5.41) is 8.93. The molecular weight excluding hydrogens is 398 g/mol. The smallest absolute Gasteiger partial charge is 0.337 e. The van der Waals surface area contributed by atoms with Gasteiger partial charge in [0, 0.05) is 11.8 Å². The molecule has 0 aromatic carbocycles. The Morgan fingerprint density at radius 2 is 2.16 bits per heavy atom. The maximum Gasteiger partial charge on any atom is 0.337 e. The second-order valence-electron chi connectivity index (χ2n) is 3.72. The third-order valence-electron chi connectivity index (χ3n) is 2.50. The molecule has 0 radical (unpaired) electrons. The Labute approximate surface area is 128 Å². The highest BCUT2D eigenvalue weighted by atomic mass is 79.9. The summed E-state index contributed by atoms with van der Waals surface area (Å²) in [6.45, 7) is 0. The first-order valence-electron chi connectivity index (χ1n) is 5.09. The lowest BCUT2D eigenvalue weighted by Crippen LogP contribution is -1.96. The van der Waals surface area contributed by atoms with Crippen LogP contribution in [0.25, 0.3) is 22.6 Å². The molecule has 0 aliphatic rings. The molecule has 0 fully saturated rings. The van der Waals surface area contributed by atoms with Gasteiger partial charge in [0.25, 0.3) is 0 Å². The summed E-state index contributed by atoms with van der Waals surface area (Å²) in [6.07, 6.45) is 1.30. The number of aromatic nitrogens is 3. The minimum atomic E-state index is -1.01. The van der Waals surface area contributed by atoms with Gasteiger partial charge in [0.05, 0.1) is 18.7 Å². The van der Waals surface area contributed by atoms with Crippen LogP contribution in [-0.2, 0) is 0 Å². The lowest BCUT2D eigenvalue weighted by molar-refractivity contribution is 0.0696. The molecule has 0 unspecified atom stereocenters. The van der Waals surface area contributed by atoms with E-state index >= 15 is 0 Å². The van der Waals surface area contributed by atoms with Crippen LogP contribution in [0.1, 0.15) is 10.4 Å². The third-order valence-corrected chi connectivity index (χ3v) is 4.84. The van der Waals surface area contributed by atoms with E-state index in [4.69, 9.17) is 5.11 Å². The molecule has 5 nitrogen and oxygen atoms in total. The standard InChI is InChI=1S/C11H5Br2N3O2S/c12-7-2-5(8(13)19-7)9-15-6-1-4(11(17)18)3-14-10(6)16-9/h1-3H,(H,17,18)(H,14,15,16). The van der Waals surface area contributed by atoms with E-state index < -0.39 is 5.97 Å². The average Bonchev–Trinajstić information content (AvgIpc) is 2.90. The largest absolute Gasteiger partial charge is 0.478 e. The number of carbonyl (C=O) groups is 1. The van der Waals surface area contributed by atoms with Crippen LogP contribution >= 0.6 is 43.2 Å². The van der Waals surface area contributed by atoms with Crippen LogP contribution in [0.5, 0.6) is 0 Å². The molecule has 8 heteroatoms. The zero-order valence-electron chi connectivity index (χ0n) is 9.15. The molecule has 19 heavy (non-hydrogen) atoms. The van der Waals surface area contributed by atoms with Gasteiger partial charge in [0.1, 0.15) is 5.82 Å². The second-order valence-corrected chi connectivity index (χ2v) is 7.47. The van der Waals surface area contributed by atoms with Crippen LogP contribution in [0.15, 0.2) is 25.9 Å². The molecule has 0 atom stereocenters. The number of nitrogens with zero attached hydrogens (tertiary/aromatic N) is 2. The fraction of sp³-hybridized carbons (Fsp3) is 0. The SMILES string of the molecule is O=C(O)c1cnc2nc(-c3cc(Br)sc3Br)[nH]c2c1. The van der Waals surface area contributed by atoms with Gasteiger partial charge in [-0.05, 0) is 44.0 Å². The van der Waals surface area contributed by atoms with Crippen molar-refractivity contribution >= 4 is 60.3 Å². The number of carboxylic acid groups (broad SMARTS) is 1. The van der Waals surface area contributed by atoms with E-state index in [1.807, 2.05) is 6.07 Å². The number of thiophene rings is 1. The van der Waals surface area contributed by atoms with Crippen molar-refractivity contribution in [3.05, 3.63) is 31.5 Å². The van der Waals surface area contributed by atoms with E-state index in [0.29, 0.717) is 17.0 Å². The van der Waals surface area contributed by atoms with Crippen molar-refractivity contribution in [1.29, 1.82) is 0 Å². The molecule has 0 aliphatic carbocycles. The van der Waals surface area contributed by atoms with Gasteiger partial charge in [-0.2, -0.15) is 0 Å². The van der Waals surface area contributed by atoms with Crippen molar-refractivity contribution in [3.63, 3.8) is 0 Å².